The first-order valence-electron chi connectivity index (χ1n) is 6.62. The normalized spacial score (nSPS) is 22.9. The smallest absolute Gasteiger partial charge is 0.326 e. The van der Waals surface area contributed by atoms with Crippen molar-refractivity contribution in [1.82, 2.24) is 5.32 Å². The van der Waals surface area contributed by atoms with E-state index < -0.39 is 12.0 Å². The summed E-state index contributed by atoms with van der Waals surface area (Å²) in [7, 11) is 1.62. The van der Waals surface area contributed by atoms with E-state index >= 15 is 0 Å². The number of carbonyl (C=O) groups excluding carboxylic acids is 1. The van der Waals surface area contributed by atoms with Gasteiger partial charge in [-0.1, -0.05) is 12.8 Å². The van der Waals surface area contributed by atoms with Crippen LogP contribution in [0.3, 0.4) is 0 Å². The Balaban J connectivity index is 1.82. The zero-order valence-electron chi connectivity index (χ0n) is 10.8. The summed E-state index contributed by atoms with van der Waals surface area (Å²) in [5.41, 5.74) is -0.341. The minimum absolute atomic E-state index is 0.204. The van der Waals surface area contributed by atoms with Crippen LogP contribution in [-0.4, -0.2) is 35.7 Å². The summed E-state index contributed by atoms with van der Waals surface area (Å²) >= 11 is 0. The maximum atomic E-state index is 11.9. The largest absolute Gasteiger partial charge is 0.480 e. The van der Waals surface area contributed by atoms with Gasteiger partial charge < -0.3 is 15.2 Å². The van der Waals surface area contributed by atoms with Gasteiger partial charge in [0.2, 0.25) is 5.91 Å². The Bertz CT molecular complexity index is 328. The molecule has 2 aliphatic carbocycles. The molecular formula is C13H21NO4. The molecule has 0 aromatic heterocycles. The number of hydrogen-bond donors (Lipinski definition) is 2. The third-order valence-corrected chi connectivity index (χ3v) is 4.08. The summed E-state index contributed by atoms with van der Waals surface area (Å²) in [5, 5.41) is 11.7. The van der Waals surface area contributed by atoms with Crippen LogP contribution in [0.1, 0.15) is 44.9 Å². The van der Waals surface area contributed by atoms with Gasteiger partial charge in [-0.15, -0.1) is 0 Å². The summed E-state index contributed by atoms with van der Waals surface area (Å²) < 4.78 is 5.37. The lowest BCUT2D eigenvalue weighted by atomic mass is 9.77. The summed E-state index contributed by atoms with van der Waals surface area (Å²) in [6, 6.07) is -0.737. The molecule has 1 amide bonds. The number of carboxylic acid groups (broad SMARTS) is 1. The van der Waals surface area contributed by atoms with E-state index in [1.54, 1.807) is 7.11 Å². The number of methoxy groups -OCH3 is 1. The number of nitrogens with one attached hydrogen (secondary N) is 1. The fourth-order valence-electron chi connectivity index (χ4n) is 2.47. The second-order valence-electron chi connectivity index (χ2n) is 5.55. The first-order chi connectivity index (χ1) is 8.54. The van der Waals surface area contributed by atoms with Crippen molar-refractivity contribution in [3.8, 4) is 0 Å². The molecular weight excluding hydrogens is 234 g/mol. The van der Waals surface area contributed by atoms with E-state index in [1.807, 2.05) is 0 Å². The van der Waals surface area contributed by atoms with Gasteiger partial charge in [-0.25, -0.2) is 4.79 Å². The van der Waals surface area contributed by atoms with Crippen molar-refractivity contribution in [2.45, 2.75) is 56.6 Å². The number of carboxylic acids is 1. The number of amides is 1. The van der Waals surface area contributed by atoms with E-state index in [2.05, 4.69) is 5.32 Å². The van der Waals surface area contributed by atoms with Crippen LogP contribution in [0.15, 0.2) is 0 Å². The van der Waals surface area contributed by atoms with Crippen molar-refractivity contribution in [3.05, 3.63) is 0 Å². The first kappa shape index (κ1) is 13.3. The van der Waals surface area contributed by atoms with E-state index in [1.165, 1.54) is 0 Å². The molecule has 2 aliphatic rings. The predicted molar refractivity (Wildman–Crippen MR) is 65.1 cm³/mol. The van der Waals surface area contributed by atoms with Crippen LogP contribution in [0, 0.1) is 5.92 Å². The number of aliphatic carboxylic acids is 1. The van der Waals surface area contributed by atoms with E-state index in [9.17, 15) is 9.59 Å². The second kappa shape index (κ2) is 5.26. The summed E-state index contributed by atoms with van der Waals surface area (Å²) in [6.07, 6.45) is 5.85. The number of ether oxygens (including phenoxy) is 1. The number of rotatable bonds is 7. The van der Waals surface area contributed by atoms with Gasteiger partial charge in [-0.3, -0.25) is 4.79 Å². The van der Waals surface area contributed by atoms with Crippen LogP contribution in [0.25, 0.3) is 0 Å². The summed E-state index contributed by atoms with van der Waals surface area (Å²) in [6.45, 7) is 0. The fourth-order valence-corrected chi connectivity index (χ4v) is 2.47. The molecule has 2 fully saturated rings. The minimum atomic E-state index is -0.935. The third-order valence-electron chi connectivity index (χ3n) is 4.08. The van der Waals surface area contributed by atoms with Crippen molar-refractivity contribution in [1.29, 1.82) is 0 Å². The molecule has 5 nitrogen and oxygen atoms in total. The molecule has 18 heavy (non-hydrogen) atoms. The molecule has 0 saturated heterocycles. The van der Waals surface area contributed by atoms with Crippen molar-refractivity contribution in [3.63, 3.8) is 0 Å². The average Bonchev–Trinajstić information content (AvgIpc) is 3.06. The van der Waals surface area contributed by atoms with Crippen LogP contribution >= 0.6 is 0 Å². The summed E-state index contributed by atoms with van der Waals surface area (Å²) in [5.74, 6) is -0.661. The van der Waals surface area contributed by atoms with Crippen molar-refractivity contribution in [2.24, 2.45) is 5.92 Å². The Kier molecular flexibility index (Phi) is 3.90. The van der Waals surface area contributed by atoms with Gasteiger partial charge in [0.25, 0.3) is 0 Å². The molecule has 1 atom stereocenters. The van der Waals surface area contributed by atoms with Crippen LogP contribution in [0.4, 0.5) is 0 Å². The molecule has 1 unspecified atom stereocenters. The molecule has 0 aromatic rings. The molecule has 0 aromatic carbocycles. The molecule has 5 heteroatoms. The zero-order chi connectivity index (χ0) is 13.2. The Morgan fingerprint density at radius 2 is 2.11 bits per heavy atom. The molecule has 2 rings (SSSR count). The van der Waals surface area contributed by atoms with Gasteiger partial charge in [0.05, 0.1) is 12.0 Å². The van der Waals surface area contributed by atoms with E-state index in [4.69, 9.17) is 9.84 Å². The second-order valence-corrected chi connectivity index (χ2v) is 5.55. The Hall–Kier alpha value is -1.10. The number of carbonyl (C=O) groups is 2. The molecule has 0 heterocycles. The highest BCUT2D eigenvalue weighted by molar-refractivity contribution is 5.84. The summed E-state index contributed by atoms with van der Waals surface area (Å²) in [4.78, 5) is 22.9. The van der Waals surface area contributed by atoms with E-state index in [-0.39, 0.29) is 17.9 Å². The Labute approximate surface area is 107 Å². The van der Waals surface area contributed by atoms with Crippen LogP contribution < -0.4 is 5.32 Å². The highest BCUT2D eigenvalue weighted by Crippen LogP contribution is 2.38. The third kappa shape index (κ3) is 3.22. The quantitative estimate of drug-likeness (QED) is 0.719. The lowest BCUT2D eigenvalue weighted by Gasteiger charge is -2.40. The average molecular weight is 255 g/mol. The maximum absolute atomic E-state index is 11.9. The van der Waals surface area contributed by atoms with Crippen molar-refractivity contribution < 1.29 is 19.4 Å². The molecule has 0 radical (unpaired) electrons. The molecule has 0 bridgehead atoms. The van der Waals surface area contributed by atoms with E-state index in [0.29, 0.717) is 12.3 Å². The molecule has 2 N–H and O–H groups in total. The molecule has 102 valence electrons. The topological polar surface area (TPSA) is 75.6 Å². The van der Waals surface area contributed by atoms with Crippen molar-refractivity contribution in [2.75, 3.05) is 7.11 Å². The van der Waals surface area contributed by atoms with Crippen molar-refractivity contribution >= 4 is 11.9 Å². The first-order valence-corrected chi connectivity index (χ1v) is 6.62. The van der Waals surface area contributed by atoms with Crippen LogP contribution in [0.2, 0.25) is 0 Å². The highest BCUT2D eigenvalue weighted by Gasteiger charge is 2.40. The van der Waals surface area contributed by atoms with Gasteiger partial charge >= 0.3 is 5.97 Å². The standard InChI is InChI=1S/C13H21NO4/c1-18-13(5-2-6-13)8-11(15)14-10(12(16)17)7-9-3-4-9/h9-10H,2-8H2,1H3,(H,14,15)(H,16,17). The molecule has 0 spiro atoms. The lowest BCUT2D eigenvalue weighted by Crippen LogP contribution is -2.48. The highest BCUT2D eigenvalue weighted by atomic mass is 16.5. The maximum Gasteiger partial charge on any atom is 0.326 e. The van der Waals surface area contributed by atoms with Gasteiger partial charge in [0.15, 0.2) is 0 Å². The fraction of sp³-hybridized carbons (Fsp3) is 0.846. The Morgan fingerprint density at radius 3 is 2.50 bits per heavy atom. The predicted octanol–water partition coefficient (Wildman–Crippen LogP) is 1.32. The van der Waals surface area contributed by atoms with Crippen LogP contribution in [-0.2, 0) is 14.3 Å². The van der Waals surface area contributed by atoms with Gasteiger partial charge in [0, 0.05) is 7.11 Å². The van der Waals surface area contributed by atoms with Gasteiger partial charge in [-0.2, -0.15) is 0 Å². The molecule has 0 aliphatic heterocycles. The van der Waals surface area contributed by atoms with E-state index in [0.717, 1.165) is 32.1 Å². The SMILES string of the molecule is COC1(CC(=O)NC(CC2CC2)C(=O)O)CCC1. The lowest BCUT2D eigenvalue weighted by molar-refractivity contribution is -0.145. The van der Waals surface area contributed by atoms with Gasteiger partial charge in [-0.05, 0) is 31.6 Å². The Morgan fingerprint density at radius 1 is 1.44 bits per heavy atom. The number of hydrogen-bond acceptors (Lipinski definition) is 3. The van der Waals surface area contributed by atoms with Gasteiger partial charge in [0.1, 0.15) is 6.04 Å². The zero-order valence-corrected chi connectivity index (χ0v) is 10.8. The van der Waals surface area contributed by atoms with Crippen LogP contribution in [0.5, 0.6) is 0 Å². The minimum Gasteiger partial charge on any atom is -0.480 e. The monoisotopic (exact) mass is 255 g/mol. The molecule has 2 saturated carbocycles.